The van der Waals surface area contributed by atoms with Gasteiger partial charge >= 0.3 is 6.03 Å². The van der Waals surface area contributed by atoms with Crippen LogP contribution >= 0.6 is 0 Å². The van der Waals surface area contributed by atoms with Gasteiger partial charge in [0.1, 0.15) is 11.3 Å². The zero-order valence-electron chi connectivity index (χ0n) is 13.6. The molecule has 26 heavy (non-hydrogen) atoms. The SMILES string of the molecule is COc1ccccc1N1C(=O)NC(=O)/C(=C\c2ccc(O)c(O)c2)C1=O. The summed E-state index contributed by atoms with van der Waals surface area (Å²) < 4.78 is 5.17. The minimum atomic E-state index is -0.893. The van der Waals surface area contributed by atoms with Crippen LogP contribution in [0.3, 0.4) is 0 Å². The van der Waals surface area contributed by atoms with Crippen LogP contribution in [0, 0.1) is 0 Å². The predicted molar refractivity (Wildman–Crippen MR) is 91.8 cm³/mol. The highest BCUT2D eigenvalue weighted by molar-refractivity contribution is 6.39. The molecule has 1 saturated heterocycles. The van der Waals surface area contributed by atoms with Gasteiger partial charge in [-0.2, -0.15) is 0 Å². The summed E-state index contributed by atoms with van der Waals surface area (Å²) in [5, 5.41) is 21.0. The van der Waals surface area contributed by atoms with E-state index in [4.69, 9.17) is 4.74 Å². The minimum absolute atomic E-state index is 0.185. The fourth-order valence-electron chi connectivity index (χ4n) is 2.49. The molecule has 1 heterocycles. The van der Waals surface area contributed by atoms with Crippen molar-refractivity contribution >= 4 is 29.6 Å². The largest absolute Gasteiger partial charge is 0.504 e. The third-order valence-corrected chi connectivity index (χ3v) is 3.74. The maximum atomic E-state index is 12.8. The van der Waals surface area contributed by atoms with Gasteiger partial charge in [-0.1, -0.05) is 18.2 Å². The standard InChI is InChI=1S/C18H14N2O6/c1-26-15-5-3-2-4-12(15)20-17(24)11(16(23)19-18(20)25)8-10-6-7-13(21)14(22)9-10/h2-9,21-22H,1H3,(H,19,23,25)/b11-8+. The fraction of sp³-hybridized carbons (Fsp3) is 0.0556. The quantitative estimate of drug-likeness (QED) is 0.439. The van der Waals surface area contributed by atoms with Gasteiger partial charge < -0.3 is 14.9 Å². The van der Waals surface area contributed by atoms with Gasteiger partial charge in [-0.15, -0.1) is 0 Å². The molecule has 0 radical (unpaired) electrons. The second-order valence-electron chi connectivity index (χ2n) is 5.38. The number of rotatable bonds is 3. The Bertz CT molecular complexity index is 950. The summed E-state index contributed by atoms with van der Waals surface area (Å²) in [6.07, 6.45) is 1.21. The Morgan fingerprint density at radius 1 is 1.04 bits per heavy atom. The fourth-order valence-corrected chi connectivity index (χ4v) is 2.49. The molecule has 0 bridgehead atoms. The molecule has 0 atom stereocenters. The van der Waals surface area contributed by atoms with Crippen molar-refractivity contribution in [3.05, 3.63) is 53.6 Å². The number of barbiturate groups is 1. The van der Waals surface area contributed by atoms with E-state index in [9.17, 15) is 24.6 Å². The second kappa shape index (κ2) is 6.60. The molecule has 8 heteroatoms. The number of urea groups is 1. The first-order chi connectivity index (χ1) is 12.4. The second-order valence-corrected chi connectivity index (χ2v) is 5.38. The van der Waals surface area contributed by atoms with Gasteiger partial charge in [0.15, 0.2) is 11.5 Å². The number of nitrogens with zero attached hydrogens (tertiary/aromatic N) is 1. The Labute approximate surface area is 147 Å². The molecule has 1 aliphatic rings. The summed E-state index contributed by atoms with van der Waals surface area (Å²) in [5.41, 5.74) is 0.179. The molecule has 1 fully saturated rings. The topological polar surface area (TPSA) is 116 Å². The summed E-state index contributed by atoms with van der Waals surface area (Å²) in [6, 6.07) is 9.31. The summed E-state index contributed by atoms with van der Waals surface area (Å²) in [4.78, 5) is 37.9. The van der Waals surface area contributed by atoms with Crippen molar-refractivity contribution in [2.45, 2.75) is 0 Å². The van der Waals surface area contributed by atoms with E-state index in [-0.39, 0.29) is 22.8 Å². The van der Waals surface area contributed by atoms with Crippen molar-refractivity contribution in [3.63, 3.8) is 0 Å². The van der Waals surface area contributed by atoms with E-state index in [0.29, 0.717) is 5.56 Å². The summed E-state index contributed by atoms with van der Waals surface area (Å²) >= 11 is 0. The van der Waals surface area contributed by atoms with Crippen LogP contribution in [-0.4, -0.2) is 35.2 Å². The number of phenols is 2. The van der Waals surface area contributed by atoms with E-state index in [1.807, 2.05) is 0 Å². The number of hydrogen-bond donors (Lipinski definition) is 3. The number of ether oxygens (including phenoxy) is 1. The summed E-state index contributed by atoms with van der Waals surface area (Å²) in [5.74, 6) is -2.15. The van der Waals surface area contributed by atoms with Crippen LogP contribution in [0.5, 0.6) is 17.2 Å². The molecule has 0 aromatic heterocycles. The van der Waals surface area contributed by atoms with E-state index >= 15 is 0 Å². The van der Waals surface area contributed by atoms with Crippen molar-refractivity contribution in [2.75, 3.05) is 12.0 Å². The average Bonchev–Trinajstić information content (AvgIpc) is 2.62. The lowest BCUT2D eigenvalue weighted by Crippen LogP contribution is -2.54. The molecule has 0 aliphatic carbocycles. The molecule has 132 valence electrons. The Balaban J connectivity index is 2.05. The van der Waals surface area contributed by atoms with Crippen molar-refractivity contribution in [1.29, 1.82) is 0 Å². The van der Waals surface area contributed by atoms with Crippen molar-refractivity contribution < 1.29 is 29.3 Å². The highest BCUT2D eigenvalue weighted by atomic mass is 16.5. The summed E-state index contributed by atoms with van der Waals surface area (Å²) in [7, 11) is 1.40. The van der Waals surface area contributed by atoms with Crippen molar-refractivity contribution in [3.8, 4) is 17.2 Å². The molecule has 8 nitrogen and oxygen atoms in total. The van der Waals surface area contributed by atoms with Gasteiger partial charge in [0.05, 0.1) is 12.8 Å². The molecule has 1 aliphatic heterocycles. The van der Waals surface area contributed by atoms with E-state index in [0.717, 1.165) is 4.90 Å². The van der Waals surface area contributed by atoms with Gasteiger partial charge in [-0.25, -0.2) is 9.69 Å². The summed E-state index contributed by atoms with van der Waals surface area (Å²) in [6.45, 7) is 0. The van der Waals surface area contributed by atoms with Crippen LogP contribution in [0.25, 0.3) is 6.08 Å². The third kappa shape index (κ3) is 2.95. The molecule has 0 saturated carbocycles. The Kier molecular flexibility index (Phi) is 4.32. The number of para-hydroxylation sites is 2. The lowest BCUT2D eigenvalue weighted by Gasteiger charge is -2.27. The molecule has 0 unspecified atom stereocenters. The molecule has 3 N–H and O–H groups in total. The Morgan fingerprint density at radius 2 is 1.77 bits per heavy atom. The van der Waals surface area contributed by atoms with E-state index < -0.39 is 23.6 Å². The number of carbonyl (C=O) groups excluding carboxylic acids is 3. The van der Waals surface area contributed by atoms with Crippen LogP contribution in [0.1, 0.15) is 5.56 Å². The number of carbonyl (C=O) groups is 3. The maximum Gasteiger partial charge on any atom is 0.336 e. The van der Waals surface area contributed by atoms with Crippen LogP contribution < -0.4 is 15.0 Å². The lowest BCUT2D eigenvalue weighted by molar-refractivity contribution is -0.122. The number of phenolic OH excluding ortho intramolecular Hbond substituents is 2. The number of imide groups is 2. The zero-order chi connectivity index (χ0) is 18.8. The average molecular weight is 354 g/mol. The third-order valence-electron chi connectivity index (χ3n) is 3.74. The zero-order valence-corrected chi connectivity index (χ0v) is 13.6. The number of hydrogen-bond acceptors (Lipinski definition) is 6. The maximum absolute atomic E-state index is 12.8. The van der Waals surface area contributed by atoms with E-state index in [1.54, 1.807) is 18.2 Å². The van der Waals surface area contributed by atoms with Crippen molar-refractivity contribution in [2.24, 2.45) is 0 Å². The molecule has 4 amide bonds. The number of benzene rings is 2. The number of aromatic hydroxyl groups is 2. The predicted octanol–water partition coefficient (Wildman–Crippen LogP) is 1.77. The van der Waals surface area contributed by atoms with Crippen LogP contribution in [0.4, 0.5) is 10.5 Å². The van der Waals surface area contributed by atoms with Gasteiger partial charge in [0.25, 0.3) is 11.8 Å². The van der Waals surface area contributed by atoms with Crippen LogP contribution in [0.2, 0.25) is 0 Å². The van der Waals surface area contributed by atoms with E-state index in [2.05, 4.69) is 5.32 Å². The van der Waals surface area contributed by atoms with E-state index in [1.165, 1.54) is 37.5 Å². The van der Waals surface area contributed by atoms with Gasteiger partial charge in [-0.3, -0.25) is 14.9 Å². The first-order valence-corrected chi connectivity index (χ1v) is 7.49. The molecule has 2 aromatic carbocycles. The van der Waals surface area contributed by atoms with Gasteiger partial charge in [-0.05, 0) is 35.9 Å². The number of methoxy groups -OCH3 is 1. The number of nitrogens with one attached hydrogen (secondary N) is 1. The minimum Gasteiger partial charge on any atom is -0.504 e. The van der Waals surface area contributed by atoms with Crippen LogP contribution in [-0.2, 0) is 9.59 Å². The first kappa shape index (κ1) is 17.0. The van der Waals surface area contributed by atoms with Crippen molar-refractivity contribution in [1.82, 2.24) is 5.32 Å². The monoisotopic (exact) mass is 354 g/mol. The molecular formula is C18H14N2O6. The Hall–Kier alpha value is -3.81. The first-order valence-electron chi connectivity index (χ1n) is 7.49. The van der Waals surface area contributed by atoms with Gasteiger partial charge in [0.2, 0.25) is 0 Å². The molecular weight excluding hydrogens is 340 g/mol. The highest BCUT2D eigenvalue weighted by Crippen LogP contribution is 2.31. The lowest BCUT2D eigenvalue weighted by atomic mass is 10.1. The molecule has 0 spiro atoms. The normalized spacial score (nSPS) is 16.0. The number of amides is 4. The van der Waals surface area contributed by atoms with Crippen LogP contribution in [0.15, 0.2) is 48.0 Å². The molecule has 2 aromatic rings. The molecule has 3 rings (SSSR count). The smallest absolute Gasteiger partial charge is 0.336 e. The number of anilines is 1. The highest BCUT2D eigenvalue weighted by Gasteiger charge is 2.38. The Morgan fingerprint density at radius 3 is 2.46 bits per heavy atom. The van der Waals surface area contributed by atoms with Gasteiger partial charge in [0, 0.05) is 0 Å².